The summed E-state index contributed by atoms with van der Waals surface area (Å²) in [6, 6.07) is 6.87. The van der Waals surface area contributed by atoms with Gasteiger partial charge in [-0.1, -0.05) is 13.0 Å². The molecule has 2 amide bonds. The van der Waals surface area contributed by atoms with Gasteiger partial charge in [0, 0.05) is 18.3 Å². The number of nitrogens with one attached hydrogen (secondary N) is 2. The highest BCUT2D eigenvalue weighted by atomic mass is 16.5. The molecule has 0 aliphatic heterocycles. The van der Waals surface area contributed by atoms with Gasteiger partial charge in [0.25, 0.3) is 0 Å². The van der Waals surface area contributed by atoms with Crippen molar-refractivity contribution in [2.75, 3.05) is 11.9 Å². The molecule has 1 aromatic carbocycles. The molecular formula is C21H28N2O3. The third kappa shape index (κ3) is 3.44. The molecule has 0 saturated heterocycles. The van der Waals surface area contributed by atoms with Crippen LogP contribution in [0.2, 0.25) is 0 Å². The molecule has 0 unspecified atom stereocenters. The molecule has 0 aromatic heterocycles. The number of benzene rings is 1. The molecule has 4 aliphatic rings. The largest absolute Gasteiger partial charge is 0.426 e. The smallest absolute Gasteiger partial charge is 0.319 e. The number of urea groups is 1. The van der Waals surface area contributed by atoms with Gasteiger partial charge in [-0.3, -0.25) is 4.79 Å². The van der Waals surface area contributed by atoms with Gasteiger partial charge in [0.1, 0.15) is 5.75 Å². The summed E-state index contributed by atoms with van der Waals surface area (Å²) in [7, 11) is 0. The van der Waals surface area contributed by atoms with Crippen molar-refractivity contribution in [3.63, 3.8) is 0 Å². The Labute approximate surface area is 154 Å². The fourth-order valence-corrected chi connectivity index (χ4v) is 5.63. The first kappa shape index (κ1) is 17.4. The Balaban J connectivity index is 1.42. The minimum atomic E-state index is -0.267. The topological polar surface area (TPSA) is 67.4 Å². The number of carbonyl (C=O) groups is 2. The van der Waals surface area contributed by atoms with Crippen molar-refractivity contribution in [3.05, 3.63) is 24.3 Å². The third-order valence-electron chi connectivity index (χ3n) is 6.31. The van der Waals surface area contributed by atoms with Crippen LogP contribution >= 0.6 is 0 Å². The number of hydrogen-bond donors (Lipinski definition) is 2. The second-order valence-electron chi connectivity index (χ2n) is 8.50. The first-order chi connectivity index (χ1) is 12.6. The Hall–Kier alpha value is -2.04. The molecule has 26 heavy (non-hydrogen) atoms. The predicted molar refractivity (Wildman–Crippen MR) is 100.0 cm³/mol. The minimum absolute atomic E-state index is 0.0656. The van der Waals surface area contributed by atoms with E-state index in [-0.39, 0.29) is 17.4 Å². The van der Waals surface area contributed by atoms with Crippen LogP contribution < -0.4 is 15.4 Å². The van der Waals surface area contributed by atoms with E-state index in [0.29, 0.717) is 35.7 Å². The number of amides is 2. The second kappa shape index (κ2) is 6.93. The summed E-state index contributed by atoms with van der Waals surface area (Å²) in [5.74, 6) is 2.58. The van der Waals surface area contributed by atoms with Crippen LogP contribution in [0.5, 0.6) is 5.75 Å². The number of anilines is 1. The fraction of sp³-hybridized carbons (Fsp3) is 0.619. The standard InChI is InChI=1S/C21H28N2O3/c1-2-6-22-20(25)23-17-4-3-5-18(10-17)26-19(24)21-11-14-7-15(12-21)9-16(8-14)13-21/h3-5,10,14-16H,2,6-9,11-13H2,1H3,(H2,22,23,25). The van der Waals surface area contributed by atoms with E-state index < -0.39 is 0 Å². The summed E-state index contributed by atoms with van der Waals surface area (Å²) in [5, 5.41) is 5.56. The molecule has 140 valence electrons. The molecule has 4 bridgehead atoms. The van der Waals surface area contributed by atoms with Crippen molar-refractivity contribution in [3.8, 4) is 5.75 Å². The van der Waals surface area contributed by atoms with Gasteiger partial charge in [0.15, 0.2) is 0 Å². The zero-order valence-corrected chi connectivity index (χ0v) is 15.4. The average Bonchev–Trinajstić information content (AvgIpc) is 2.59. The quantitative estimate of drug-likeness (QED) is 0.609. The van der Waals surface area contributed by atoms with Gasteiger partial charge in [-0.25, -0.2) is 4.79 Å². The van der Waals surface area contributed by atoms with E-state index in [0.717, 1.165) is 25.7 Å². The SMILES string of the molecule is CCCNC(=O)Nc1cccc(OC(=O)C23CC4CC(CC(C4)C2)C3)c1. The predicted octanol–water partition coefficient (Wildman–Crippen LogP) is 4.34. The van der Waals surface area contributed by atoms with Crippen LogP contribution in [0.3, 0.4) is 0 Å². The van der Waals surface area contributed by atoms with E-state index in [1.807, 2.05) is 6.92 Å². The van der Waals surface area contributed by atoms with Gasteiger partial charge in [0.05, 0.1) is 5.41 Å². The molecule has 5 nitrogen and oxygen atoms in total. The van der Waals surface area contributed by atoms with Crippen LogP contribution in [0.25, 0.3) is 0 Å². The lowest BCUT2D eigenvalue weighted by Gasteiger charge is -2.55. The molecule has 5 rings (SSSR count). The number of carbonyl (C=O) groups excluding carboxylic acids is 2. The molecule has 0 heterocycles. The monoisotopic (exact) mass is 356 g/mol. The van der Waals surface area contributed by atoms with Gasteiger partial charge in [-0.05, 0) is 74.8 Å². The molecule has 4 fully saturated rings. The van der Waals surface area contributed by atoms with Crippen LogP contribution in [-0.4, -0.2) is 18.5 Å². The van der Waals surface area contributed by atoms with Crippen molar-refractivity contribution < 1.29 is 14.3 Å². The van der Waals surface area contributed by atoms with E-state index in [2.05, 4.69) is 10.6 Å². The number of ether oxygens (including phenoxy) is 1. The Bertz CT molecular complexity index is 665. The number of rotatable bonds is 5. The molecule has 4 saturated carbocycles. The van der Waals surface area contributed by atoms with Gasteiger partial charge >= 0.3 is 12.0 Å². The molecule has 0 radical (unpaired) electrons. The molecule has 4 aliphatic carbocycles. The lowest BCUT2D eigenvalue weighted by atomic mass is 9.49. The van der Waals surface area contributed by atoms with Crippen molar-refractivity contribution in [1.29, 1.82) is 0 Å². The van der Waals surface area contributed by atoms with Gasteiger partial charge < -0.3 is 15.4 Å². The molecule has 1 aromatic rings. The average molecular weight is 356 g/mol. The minimum Gasteiger partial charge on any atom is -0.426 e. The van der Waals surface area contributed by atoms with Gasteiger partial charge in [-0.15, -0.1) is 0 Å². The van der Waals surface area contributed by atoms with E-state index in [1.54, 1.807) is 24.3 Å². The lowest BCUT2D eigenvalue weighted by Crippen LogP contribution is -2.51. The Kier molecular flexibility index (Phi) is 4.63. The Morgan fingerprint density at radius 1 is 1.12 bits per heavy atom. The highest BCUT2D eigenvalue weighted by Crippen LogP contribution is 2.60. The first-order valence-electron chi connectivity index (χ1n) is 9.93. The summed E-state index contributed by atoms with van der Waals surface area (Å²) in [6.07, 6.45) is 7.78. The molecule has 2 N–H and O–H groups in total. The Morgan fingerprint density at radius 2 is 1.77 bits per heavy atom. The Morgan fingerprint density at radius 3 is 2.38 bits per heavy atom. The number of hydrogen-bond acceptors (Lipinski definition) is 3. The number of esters is 1. The van der Waals surface area contributed by atoms with Crippen molar-refractivity contribution in [2.45, 2.75) is 51.9 Å². The van der Waals surface area contributed by atoms with Crippen LogP contribution in [0.1, 0.15) is 51.9 Å². The summed E-state index contributed by atoms with van der Waals surface area (Å²) < 4.78 is 5.79. The molecular weight excluding hydrogens is 328 g/mol. The maximum absolute atomic E-state index is 13.0. The third-order valence-corrected chi connectivity index (χ3v) is 6.31. The summed E-state index contributed by atoms with van der Waals surface area (Å²) >= 11 is 0. The van der Waals surface area contributed by atoms with Crippen molar-refractivity contribution >= 4 is 17.7 Å². The second-order valence-corrected chi connectivity index (χ2v) is 8.50. The maximum Gasteiger partial charge on any atom is 0.319 e. The van der Waals surface area contributed by atoms with Crippen LogP contribution in [0.15, 0.2) is 24.3 Å². The molecule has 0 atom stereocenters. The van der Waals surface area contributed by atoms with E-state index in [1.165, 1.54) is 19.3 Å². The first-order valence-corrected chi connectivity index (χ1v) is 9.93. The molecule has 5 heteroatoms. The fourth-order valence-electron chi connectivity index (χ4n) is 5.63. The highest BCUT2D eigenvalue weighted by Gasteiger charge is 2.55. The van der Waals surface area contributed by atoms with Gasteiger partial charge in [-0.2, -0.15) is 0 Å². The zero-order valence-electron chi connectivity index (χ0n) is 15.4. The maximum atomic E-state index is 13.0. The summed E-state index contributed by atoms with van der Waals surface area (Å²) in [6.45, 7) is 2.64. The normalized spacial score (nSPS) is 31.5. The zero-order chi connectivity index (χ0) is 18.1. The van der Waals surface area contributed by atoms with Gasteiger partial charge in [0.2, 0.25) is 0 Å². The highest BCUT2D eigenvalue weighted by molar-refractivity contribution is 5.89. The summed E-state index contributed by atoms with van der Waals surface area (Å²) in [5.41, 5.74) is 0.367. The summed E-state index contributed by atoms with van der Waals surface area (Å²) in [4.78, 5) is 24.8. The van der Waals surface area contributed by atoms with E-state index in [9.17, 15) is 9.59 Å². The van der Waals surface area contributed by atoms with Crippen LogP contribution in [-0.2, 0) is 4.79 Å². The molecule has 0 spiro atoms. The van der Waals surface area contributed by atoms with Crippen LogP contribution in [0, 0.1) is 23.2 Å². The van der Waals surface area contributed by atoms with Crippen molar-refractivity contribution in [2.24, 2.45) is 23.2 Å². The van der Waals surface area contributed by atoms with Crippen LogP contribution in [0.4, 0.5) is 10.5 Å². The van der Waals surface area contributed by atoms with E-state index in [4.69, 9.17) is 4.74 Å². The lowest BCUT2D eigenvalue weighted by molar-refractivity contribution is -0.161. The van der Waals surface area contributed by atoms with E-state index >= 15 is 0 Å². The van der Waals surface area contributed by atoms with Crippen molar-refractivity contribution in [1.82, 2.24) is 5.32 Å².